The summed E-state index contributed by atoms with van der Waals surface area (Å²) in [6.07, 6.45) is 3.62. The van der Waals surface area contributed by atoms with Crippen molar-refractivity contribution in [3.63, 3.8) is 0 Å². The summed E-state index contributed by atoms with van der Waals surface area (Å²) in [5, 5.41) is 13.4. The van der Waals surface area contributed by atoms with Crippen LogP contribution in [0.25, 0.3) is 6.08 Å². The fraction of sp³-hybridized carbons (Fsp3) is 0.158. The highest BCUT2D eigenvalue weighted by Gasteiger charge is 2.28. The van der Waals surface area contributed by atoms with Gasteiger partial charge in [-0.25, -0.2) is 0 Å². The summed E-state index contributed by atoms with van der Waals surface area (Å²) < 4.78 is 0. The Kier molecular flexibility index (Phi) is 4.79. The zero-order valence-electron chi connectivity index (χ0n) is 14.1. The zero-order valence-corrected chi connectivity index (χ0v) is 14.1. The largest absolute Gasteiger partial charge is 0.326 e. The third-order valence-corrected chi connectivity index (χ3v) is 4.21. The zero-order chi connectivity index (χ0) is 18.7. The highest BCUT2D eigenvalue weighted by atomic mass is 16.6. The summed E-state index contributed by atoms with van der Waals surface area (Å²) in [7, 11) is 0. The number of non-ortho nitro benzene ring substituents is 1. The van der Waals surface area contributed by atoms with Gasteiger partial charge in [-0.2, -0.15) is 0 Å². The highest BCUT2D eigenvalue weighted by molar-refractivity contribution is 5.92. The predicted octanol–water partition coefficient (Wildman–Crippen LogP) is 3.50. The molecule has 26 heavy (non-hydrogen) atoms. The molecule has 3 rings (SSSR count). The monoisotopic (exact) mass is 351 g/mol. The summed E-state index contributed by atoms with van der Waals surface area (Å²) in [6, 6.07) is 12.8. The molecule has 1 heterocycles. The van der Waals surface area contributed by atoms with E-state index in [9.17, 15) is 19.7 Å². The fourth-order valence-electron chi connectivity index (χ4n) is 2.97. The average molecular weight is 351 g/mol. The number of hydrogen-bond acceptors (Lipinski definition) is 4. The predicted molar refractivity (Wildman–Crippen MR) is 97.1 cm³/mol. The Morgan fingerprint density at radius 1 is 1.15 bits per heavy atom. The lowest BCUT2D eigenvalue weighted by Gasteiger charge is -2.32. The van der Waals surface area contributed by atoms with Crippen molar-refractivity contribution in [1.82, 2.24) is 4.90 Å². The smallest absolute Gasteiger partial charge is 0.269 e. The van der Waals surface area contributed by atoms with Gasteiger partial charge in [-0.15, -0.1) is 0 Å². The molecule has 2 aromatic carbocycles. The lowest BCUT2D eigenvalue weighted by atomic mass is 9.93. The summed E-state index contributed by atoms with van der Waals surface area (Å²) >= 11 is 0. The first-order valence-electron chi connectivity index (χ1n) is 8.06. The Labute approximate surface area is 150 Å². The second-order valence-electron chi connectivity index (χ2n) is 5.94. The molecule has 132 valence electrons. The van der Waals surface area contributed by atoms with E-state index in [-0.39, 0.29) is 23.9 Å². The van der Waals surface area contributed by atoms with Crippen molar-refractivity contribution in [2.24, 2.45) is 0 Å². The second kappa shape index (κ2) is 7.18. The number of rotatable bonds is 4. The van der Waals surface area contributed by atoms with Crippen LogP contribution >= 0.6 is 0 Å². The molecule has 1 unspecified atom stereocenters. The van der Waals surface area contributed by atoms with Crippen LogP contribution in [-0.4, -0.2) is 21.6 Å². The molecule has 0 fully saturated rings. The maximum atomic E-state index is 12.5. The first-order valence-corrected chi connectivity index (χ1v) is 8.06. The summed E-state index contributed by atoms with van der Waals surface area (Å²) in [4.78, 5) is 36.1. The lowest BCUT2D eigenvalue weighted by molar-refractivity contribution is -0.384. The summed E-state index contributed by atoms with van der Waals surface area (Å²) in [5.41, 5.74) is 2.30. The normalized spacial score (nSPS) is 15.3. The number of anilines is 1. The number of carbonyl (C=O) groups is 2. The first kappa shape index (κ1) is 17.3. The SMILES string of the molecule is CC(=O)N1C=Cc2ccccc2C1CC(=O)Nc1ccc([N+](=O)[O-])cc1. The quantitative estimate of drug-likeness (QED) is 0.674. The van der Waals surface area contributed by atoms with Crippen LogP contribution in [0.5, 0.6) is 0 Å². The molecule has 7 nitrogen and oxygen atoms in total. The van der Waals surface area contributed by atoms with Crippen LogP contribution in [0.1, 0.15) is 30.5 Å². The molecule has 0 aromatic heterocycles. The molecule has 7 heteroatoms. The third kappa shape index (κ3) is 3.61. The number of carbonyl (C=O) groups excluding carboxylic acids is 2. The minimum atomic E-state index is -0.498. The molecule has 1 aliphatic heterocycles. The van der Waals surface area contributed by atoms with E-state index in [4.69, 9.17) is 0 Å². The number of benzene rings is 2. The van der Waals surface area contributed by atoms with Gasteiger partial charge in [0.25, 0.3) is 5.69 Å². The van der Waals surface area contributed by atoms with Gasteiger partial charge < -0.3 is 10.2 Å². The number of nitro groups is 1. The van der Waals surface area contributed by atoms with Gasteiger partial charge in [0.2, 0.25) is 11.8 Å². The van der Waals surface area contributed by atoms with Crippen molar-refractivity contribution in [2.75, 3.05) is 5.32 Å². The van der Waals surface area contributed by atoms with Gasteiger partial charge >= 0.3 is 0 Å². The molecule has 0 saturated carbocycles. The number of nitrogens with zero attached hydrogens (tertiary/aromatic N) is 2. The van der Waals surface area contributed by atoms with Crippen molar-refractivity contribution < 1.29 is 14.5 Å². The Balaban J connectivity index is 1.77. The highest BCUT2D eigenvalue weighted by Crippen LogP contribution is 2.33. The van der Waals surface area contributed by atoms with Gasteiger partial charge in [0.05, 0.1) is 17.4 Å². The molecule has 0 saturated heterocycles. The molecule has 0 spiro atoms. The standard InChI is InChI=1S/C19H17N3O4/c1-13(23)21-11-10-14-4-2-3-5-17(14)18(21)12-19(24)20-15-6-8-16(9-7-15)22(25)26/h2-11,18H,12H2,1H3,(H,20,24). The van der Waals surface area contributed by atoms with Gasteiger partial charge in [-0.05, 0) is 29.3 Å². The van der Waals surface area contributed by atoms with E-state index in [2.05, 4.69) is 5.32 Å². The Hall–Kier alpha value is -3.48. The molecule has 0 bridgehead atoms. The fourth-order valence-corrected chi connectivity index (χ4v) is 2.97. The third-order valence-electron chi connectivity index (χ3n) is 4.21. The van der Waals surface area contributed by atoms with Gasteiger partial charge in [-0.3, -0.25) is 19.7 Å². The maximum absolute atomic E-state index is 12.5. The number of fused-ring (bicyclic) bond motifs is 1. The Morgan fingerprint density at radius 2 is 1.85 bits per heavy atom. The summed E-state index contributed by atoms with van der Waals surface area (Å²) in [6.45, 7) is 1.46. The number of hydrogen-bond donors (Lipinski definition) is 1. The molecular formula is C19H17N3O4. The molecule has 2 aromatic rings. The van der Waals surface area contributed by atoms with Gasteiger partial charge in [0.15, 0.2) is 0 Å². The molecule has 1 N–H and O–H groups in total. The van der Waals surface area contributed by atoms with E-state index in [0.717, 1.165) is 11.1 Å². The van der Waals surface area contributed by atoms with E-state index in [1.165, 1.54) is 36.1 Å². The topological polar surface area (TPSA) is 92.6 Å². The van der Waals surface area contributed by atoms with Crippen LogP contribution in [0, 0.1) is 10.1 Å². The van der Waals surface area contributed by atoms with E-state index in [0.29, 0.717) is 5.69 Å². The number of nitro benzene ring substituents is 1. The van der Waals surface area contributed by atoms with Crippen LogP contribution in [0.15, 0.2) is 54.7 Å². The Bertz CT molecular complexity index is 890. The van der Waals surface area contributed by atoms with E-state index < -0.39 is 11.0 Å². The maximum Gasteiger partial charge on any atom is 0.269 e. The minimum Gasteiger partial charge on any atom is -0.326 e. The van der Waals surface area contributed by atoms with E-state index in [1.807, 2.05) is 30.3 Å². The molecule has 0 radical (unpaired) electrons. The van der Waals surface area contributed by atoms with Crippen molar-refractivity contribution in [1.29, 1.82) is 0 Å². The van der Waals surface area contributed by atoms with Crippen LogP contribution in [0.3, 0.4) is 0 Å². The van der Waals surface area contributed by atoms with E-state index in [1.54, 1.807) is 6.20 Å². The van der Waals surface area contributed by atoms with Crippen molar-refractivity contribution in [3.05, 3.63) is 76.0 Å². The second-order valence-corrected chi connectivity index (χ2v) is 5.94. The number of nitrogens with one attached hydrogen (secondary N) is 1. The molecular weight excluding hydrogens is 334 g/mol. The summed E-state index contributed by atoms with van der Waals surface area (Å²) in [5.74, 6) is -0.427. The van der Waals surface area contributed by atoms with Crippen molar-refractivity contribution in [2.45, 2.75) is 19.4 Å². The van der Waals surface area contributed by atoms with E-state index >= 15 is 0 Å². The lowest BCUT2D eigenvalue weighted by Crippen LogP contribution is -2.33. The van der Waals surface area contributed by atoms with Crippen molar-refractivity contribution in [3.8, 4) is 0 Å². The van der Waals surface area contributed by atoms with Crippen molar-refractivity contribution >= 4 is 29.3 Å². The molecule has 1 atom stereocenters. The van der Waals surface area contributed by atoms with Crippen LogP contribution in [0.4, 0.5) is 11.4 Å². The van der Waals surface area contributed by atoms with Crippen LogP contribution in [0.2, 0.25) is 0 Å². The Morgan fingerprint density at radius 3 is 2.50 bits per heavy atom. The molecule has 2 amide bonds. The minimum absolute atomic E-state index is 0.0444. The van der Waals surface area contributed by atoms with Gasteiger partial charge in [0, 0.05) is 30.9 Å². The van der Waals surface area contributed by atoms with Crippen LogP contribution in [-0.2, 0) is 9.59 Å². The first-order chi connectivity index (χ1) is 12.5. The van der Waals surface area contributed by atoms with Crippen LogP contribution < -0.4 is 5.32 Å². The molecule has 1 aliphatic rings. The number of amides is 2. The molecule has 0 aliphatic carbocycles. The van der Waals surface area contributed by atoms with Gasteiger partial charge in [0.1, 0.15) is 0 Å². The average Bonchev–Trinajstić information content (AvgIpc) is 2.62. The van der Waals surface area contributed by atoms with Gasteiger partial charge in [-0.1, -0.05) is 24.3 Å².